The molecule has 0 unspecified atom stereocenters. The molecule has 0 aliphatic carbocycles. The minimum absolute atomic E-state index is 0.00988. The molecule has 30 heavy (non-hydrogen) atoms. The van der Waals surface area contributed by atoms with Crippen molar-refractivity contribution in [1.82, 2.24) is 15.1 Å². The van der Waals surface area contributed by atoms with Crippen molar-refractivity contribution in [2.45, 2.75) is 19.3 Å². The Balaban J connectivity index is 1.59. The highest BCUT2D eigenvalue weighted by atomic mass is 35.5. The van der Waals surface area contributed by atoms with Gasteiger partial charge in [-0.2, -0.15) is 5.10 Å². The number of Topliss-reactive ketones (excluding diaryl/α,β-unsaturated/α-hetero) is 1. The Morgan fingerprint density at radius 3 is 2.83 bits per heavy atom. The van der Waals surface area contributed by atoms with E-state index in [9.17, 15) is 9.18 Å². The summed E-state index contributed by atoms with van der Waals surface area (Å²) in [5.74, 6) is 0.117. The van der Waals surface area contributed by atoms with Crippen molar-refractivity contribution < 1.29 is 13.6 Å². The number of carbonyl (C=O) groups is 1. The lowest BCUT2D eigenvalue weighted by atomic mass is 9.73. The molecule has 1 aliphatic heterocycles. The fraction of sp³-hybridized carbons (Fsp3) is 0.364. The molecule has 5 nitrogen and oxygen atoms in total. The number of furan rings is 1. The second-order valence-corrected chi connectivity index (χ2v) is 8.62. The van der Waals surface area contributed by atoms with Crippen molar-refractivity contribution in [2.24, 2.45) is 18.9 Å². The number of aryl methyl sites for hydroxylation is 1. The van der Waals surface area contributed by atoms with Crippen molar-refractivity contribution in [1.29, 1.82) is 0 Å². The van der Waals surface area contributed by atoms with E-state index < -0.39 is 0 Å². The first-order valence-electron chi connectivity index (χ1n) is 9.81. The molecule has 0 amide bonds. The lowest BCUT2D eigenvalue weighted by Gasteiger charge is -2.37. The molecule has 1 saturated heterocycles. The van der Waals surface area contributed by atoms with Crippen LogP contribution in [0.1, 0.15) is 35.4 Å². The molecule has 1 aliphatic rings. The third kappa shape index (κ3) is 4.04. The zero-order valence-corrected chi connectivity index (χ0v) is 18.2. The Morgan fingerprint density at radius 2 is 2.13 bits per heavy atom. The molecule has 3 heterocycles. The van der Waals surface area contributed by atoms with E-state index in [1.54, 1.807) is 29.9 Å². The van der Waals surface area contributed by atoms with Crippen LogP contribution in [-0.4, -0.2) is 28.7 Å². The third-order valence-electron chi connectivity index (χ3n) is 5.79. The average molecular weight is 450 g/mol. The number of piperidine rings is 1. The predicted octanol–water partition coefficient (Wildman–Crippen LogP) is 5.34. The van der Waals surface area contributed by atoms with Crippen molar-refractivity contribution in [3.63, 3.8) is 0 Å². The van der Waals surface area contributed by atoms with E-state index in [-0.39, 0.29) is 46.8 Å². The Bertz CT molecular complexity index is 1060. The van der Waals surface area contributed by atoms with Crippen LogP contribution >= 0.6 is 23.2 Å². The molecule has 1 aromatic carbocycles. The Kier molecular flexibility index (Phi) is 6.00. The zero-order chi connectivity index (χ0) is 21.4. The van der Waals surface area contributed by atoms with E-state index in [1.807, 2.05) is 6.07 Å². The van der Waals surface area contributed by atoms with E-state index in [2.05, 4.69) is 17.3 Å². The number of nitrogens with zero attached hydrogens (tertiary/aromatic N) is 2. The van der Waals surface area contributed by atoms with Crippen LogP contribution in [0.3, 0.4) is 0 Å². The predicted molar refractivity (Wildman–Crippen MR) is 115 cm³/mol. The van der Waals surface area contributed by atoms with Crippen LogP contribution in [-0.2, 0) is 7.05 Å². The molecule has 1 fully saturated rings. The quantitative estimate of drug-likeness (QED) is 0.534. The molecule has 3 aromatic rings. The lowest BCUT2D eigenvalue weighted by Crippen LogP contribution is -2.42. The molecule has 0 spiro atoms. The monoisotopic (exact) mass is 449 g/mol. The van der Waals surface area contributed by atoms with E-state index in [0.29, 0.717) is 22.8 Å². The van der Waals surface area contributed by atoms with Crippen molar-refractivity contribution in [2.75, 3.05) is 13.1 Å². The van der Waals surface area contributed by atoms with Gasteiger partial charge in [0.2, 0.25) is 5.22 Å². The van der Waals surface area contributed by atoms with Crippen LogP contribution in [0.5, 0.6) is 0 Å². The molecule has 1 N–H and O–H groups in total. The molecule has 2 aromatic heterocycles. The second kappa shape index (κ2) is 8.53. The number of ketones is 1. The highest BCUT2D eigenvalue weighted by molar-refractivity contribution is 6.35. The smallest absolute Gasteiger partial charge is 0.203 e. The third-order valence-corrected chi connectivity index (χ3v) is 6.34. The summed E-state index contributed by atoms with van der Waals surface area (Å²) in [5.41, 5.74) is 2.04. The first-order valence-corrected chi connectivity index (χ1v) is 10.6. The number of halogens is 3. The van der Waals surface area contributed by atoms with Gasteiger partial charge in [-0.05, 0) is 66.2 Å². The summed E-state index contributed by atoms with van der Waals surface area (Å²) in [6, 6.07) is 8.26. The zero-order valence-electron chi connectivity index (χ0n) is 16.7. The highest BCUT2D eigenvalue weighted by Crippen LogP contribution is 2.39. The van der Waals surface area contributed by atoms with Gasteiger partial charge in [0.1, 0.15) is 5.82 Å². The molecule has 3 atom stereocenters. The van der Waals surface area contributed by atoms with Crippen LogP contribution < -0.4 is 5.32 Å². The number of rotatable bonds is 5. The van der Waals surface area contributed by atoms with Gasteiger partial charge >= 0.3 is 0 Å². The van der Waals surface area contributed by atoms with E-state index in [0.717, 1.165) is 12.1 Å². The number of aromatic nitrogens is 2. The minimum Gasteiger partial charge on any atom is -0.441 e. The SMILES string of the molecule is C[C@H]1CNC[C@@H](CC(=O)c2cc(-c3c(Cl)cnn3C)c(Cl)o2)[C@@H]1c1cccc(F)c1. The second-order valence-electron chi connectivity index (χ2n) is 7.87. The van der Waals surface area contributed by atoms with E-state index in [1.165, 1.54) is 12.3 Å². The summed E-state index contributed by atoms with van der Waals surface area (Å²) in [4.78, 5) is 13.1. The van der Waals surface area contributed by atoms with Crippen LogP contribution in [0, 0.1) is 17.7 Å². The molecule has 0 bridgehead atoms. The first-order chi connectivity index (χ1) is 14.3. The van der Waals surface area contributed by atoms with Crippen molar-refractivity contribution in [3.8, 4) is 11.3 Å². The Labute approximate surface area is 184 Å². The first kappa shape index (κ1) is 21.1. The number of carbonyl (C=O) groups excluding carboxylic acids is 1. The summed E-state index contributed by atoms with van der Waals surface area (Å²) < 4.78 is 21.0. The highest BCUT2D eigenvalue weighted by Gasteiger charge is 2.34. The maximum Gasteiger partial charge on any atom is 0.203 e. The fourth-order valence-corrected chi connectivity index (χ4v) is 4.94. The average Bonchev–Trinajstić information content (AvgIpc) is 3.23. The molecular formula is C22H22Cl2FN3O2. The van der Waals surface area contributed by atoms with Crippen LogP contribution in [0.15, 0.2) is 40.9 Å². The normalized spacial score (nSPS) is 21.7. The van der Waals surface area contributed by atoms with Gasteiger partial charge in [-0.15, -0.1) is 0 Å². The molecule has 4 rings (SSSR count). The Morgan fingerprint density at radius 1 is 1.33 bits per heavy atom. The van der Waals surface area contributed by atoms with Crippen molar-refractivity contribution >= 4 is 29.0 Å². The van der Waals surface area contributed by atoms with Crippen LogP contribution in [0.25, 0.3) is 11.3 Å². The summed E-state index contributed by atoms with van der Waals surface area (Å²) in [5, 5.41) is 8.00. The summed E-state index contributed by atoms with van der Waals surface area (Å²) in [6.45, 7) is 3.61. The van der Waals surface area contributed by atoms with Crippen LogP contribution in [0.4, 0.5) is 4.39 Å². The maximum atomic E-state index is 13.8. The van der Waals surface area contributed by atoms with Crippen molar-refractivity contribution in [3.05, 3.63) is 63.9 Å². The minimum atomic E-state index is -0.265. The Hall–Kier alpha value is -2.15. The number of hydrogen-bond donors (Lipinski definition) is 1. The summed E-state index contributed by atoms with van der Waals surface area (Å²) >= 11 is 12.5. The maximum absolute atomic E-state index is 13.8. The molecule has 158 valence electrons. The molecule has 0 saturated carbocycles. The van der Waals surface area contributed by atoms with E-state index in [4.69, 9.17) is 27.6 Å². The lowest BCUT2D eigenvalue weighted by molar-refractivity contribution is 0.0907. The number of nitrogens with one attached hydrogen (secondary N) is 1. The number of hydrogen-bond acceptors (Lipinski definition) is 4. The summed E-state index contributed by atoms with van der Waals surface area (Å²) in [6.07, 6.45) is 1.78. The summed E-state index contributed by atoms with van der Waals surface area (Å²) in [7, 11) is 1.74. The van der Waals surface area contributed by atoms with Gasteiger partial charge in [-0.3, -0.25) is 9.48 Å². The van der Waals surface area contributed by atoms with Crippen LogP contribution in [0.2, 0.25) is 10.2 Å². The fourth-order valence-electron chi connectivity index (χ4n) is 4.45. The molecule has 0 radical (unpaired) electrons. The van der Waals surface area contributed by atoms with Gasteiger partial charge < -0.3 is 9.73 Å². The van der Waals surface area contributed by atoms with Gasteiger partial charge in [-0.25, -0.2) is 4.39 Å². The van der Waals surface area contributed by atoms with Gasteiger partial charge in [0.05, 0.1) is 22.5 Å². The molecular weight excluding hydrogens is 428 g/mol. The largest absolute Gasteiger partial charge is 0.441 e. The number of benzene rings is 1. The van der Waals surface area contributed by atoms with Gasteiger partial charge in [-0.1, -0.05) is 30.7 Å². The van der Waals surface area contributed by atoms with Gasteiger partial charge in [0.25, 0.3) is 0 Å². The molecule has 8 heteroatoms. The van der Waals surface area contributed by atoms with Gasteiger partial charge in [0, 0.05) is 13.5 Å². The standard InChI is InChI=1S/C22H22Cl2FN3O2/c1-12-9-26-10-14(20(12)13-4-3-5-15(25)6-13)7-18(29)19-8-16(22(24)30-19)21-17(23)11-27-28(21)2/h3-6,8,11-12,14,20,26H,7,9-10H2,1-2H3/t12-,14+,20-/m0/s1. The topological polar surface area (TPSA) is 60.1 Å². The van der Waals surface area contributed by atoms with Gasteiger partial charge in [0.15, 0.2) is 11.5 Å². The van der Waals surface area contributed by atoms with E-state index >= 15 is 0 Å².